The molecule has 30 heavy (non-hydrogen) atoms. The molecule has 2 amide bonds. The van der Waals surface area contributed by atoms with Gasteiger partial charge in [-0.05, 0) is 35.7 Å². The van der Waals surface area contributed by atoms with Gasteiger partial charge in [0.2, 0.25) is 0 Å². The van der Waals surface area contributed by atoms with Gasteiger partial charge in [-0.3, -0.25) is 9.59 Å². The first kappa shape index (κ1) is 21.0. The van der Waals surface area contributed by atoms with Crippen LogP contribution in [0.3, 0.4) is 0 Å². The lowest BCUT2D eigenvalue weighted by Crippen LogP contribution is -2.39. The van der Waals surface area contributed by atoms with Crippen LogP contribution in [0.1, 0.15) is 37.4 Å². The van der Waals surface area contributed by atoms with Crippen LogP contribution < -0.4 is 15.5 Å². The predicted octanol–water partition coefficient (Wildman–Crippen LogP) is 3.96. The zero-order chi connectivity index (χ0) is 21.3. The van der Waals surface area contributed by atoms with Gasteiger partial charge in [0, 0.05) is 5.56 Å². The maximum atomic E-state index is 12.2. The Balaban J connectivity index is 1.70. The minimum atomic E-state index is -0.828. The lowest BCUT2D eigenvalue weighted by Gasteiger charge is -2.13. The van der Waals surface area contributed by atoms with Crippen LogP contribution in [0.4, 0.5) is 0 Å². The zero-order valence-electron chi connectivity index (χ0n) is 17.1. The largest absolute Gasteiger partial charge is 0.493 e. The number of nitrogens with zero attached hydrogens (tertiary/aromatic N) is 1. The molecular weight excluding hydrogens is 378 g/mol. The molecule has 0 spiro atoms. The summed E-state index contributed by atoms with van der Waals surface area (Å²) in [6.45, 7) is 4.42. The van der Waals surface area contributed by atoms with E-state index in [2.05, 4.69) is 15.8 Å². The lowest BCUT2D eigenvalue weighted by atomic mass is 10.0. The molecule has 3 rings (SSSR count). The molecule has 154 valence electrons. The Labute approximate surface area is 175 Å². The summed E-state index contributed by atoms with van der Waals surface area (Å²) in [7, 11) is 0. The highest BCUT2D eigenvalue weighted by Gasteiger charge is 2.16. The van der Waals surface area contributed by atoms with E-state index in [0.29, 0.717) is 12.4 Å². The molecule has 1 atom stereocenters. The molecule has 0 fully saturated rings. The van der Waals surface area contributed by atoms with Gasteiger partial charge in [0.25, 0.3) is 0 Å². The van der Waals surface area contributed by atoms with E-state index in [1.54, 1.807) is 0 Å². The molecule has 0 saturated heterocycles. The highest BCUT2D eigenvalue weighted by molar-refractivity contribution is 6.35. The molecule has 0 radical (unpaired) electrons. The number of fused-ring (bicyclic) bond motifs is 1. The van der Waals surface area contributed by atoms with Gasteiger partial charge in [0.1, 0.15) is 5.75 Å². The number of hydrogen-bond acceptors (Lipinski definition) is 4. The summed E-state index contributed by atoms with van der Waals surface area (Å²) >= 11 is 0. The van der Waals surface area contributed by atoms with Crippen molar-refractivity contribution >= 4 is 28.8 Å². The van der Waals surface area contributed by atoms with E-state index in [-0.39, 0.29) is 6.04 Å². The van der Waals surface area contributed by atoms with Gasteiger partial charge in [-0.25, -0.2) is 5.43 Å². The SMILES string of the molecule is CCCOc1ccc2ccccc2c1/C=N\NC(=O)C(=O)N[C@H](C)c1ccccc1. The van der Waals surface area contributed by atoms with Crippen LogP contribution in [0.15, 0.2) is 71.8 Å². The smallest absolute Gasteiger partial charge is 0.329 e. The van der Waals surface area contributed by atoms with Crippen LogP contribution in [0, 0.1) is 0 Å². The van der Waals surface area contributed by atoms with Crippen molar-refractivity contribution in [3.63, 3.8) is 0 Å². The second-order valence-corrected chi connectivity index (χ2v) is 6.85. The fourth-order valence-electron chi connectivity index (χ4n) is 3.04. The van der Waals surface area contributed by atoms with Crippen molar-refractivity contribution in [3.05, 3.63) is 77.9 Å². The summed E-state index contributed by atoms with van der Waals surface area (Å²) in [5, 5.41) is 8.64. The van der Waals surface area contributed by atoms with Crippen molar-refractivity contribution in [2.45, 2.75) is 26.3 Å². The standard InChI is InChI=1S/C24H25N3O3/c1-3-15-30-22-14-13-19-11-7-8-12-20(19)21(22)16-25-27-24(29)23(28)26-17(2)18-9-5-4-6-10-18/h4-14,16-17H,3,15H2,1-2H3,(H,26,28)(H,27,29)/b25-16-/t17-/m1/s1. The number of ether oxygens (including phenoxy) is 1. The average Bonchev–Trinajstić information content (AvgIpc) is 2.78. The summed E-state index contributed by atoms with van der Waals surface area (Å²) in [5.41, 5.74) is 3.96. The van der Waals surface area contributed by atoms with Gasteiger partial charge in [-0.2, -0.15) is 5.10 Å². The molecule has 0 aliphatic rings. The van der Waals surface area contributed by atoms with E-state index in [4.69, 9.17) is 4.74 Å². The lowest BCUT2D eigenvalue weighted by molar-refractivity contribution is -0.139. The zero-order valence-corrected chi connectivity index (χ0v) is 17.1. The fourth-order valence-corrected chi connectivity index (χ4v) is 3.04. The Morgan fingerprint density at radius 2 is 1.73 bits per heavy atom. The fraction of sp³-hybridized carbons (Fsp3) is 0.208. The highest BCUT2D eigenvalue weighted by Crippen LogP contribution is 2.26. The van der Waals surface area contributed by atoms with Crippen LogP contribution in [-0.2, 0) is 9.59 Å². The normalized spacial score (nSPS) is 11.9. The minimum absolute atomic E-state index is 0.291. The molecule has 6 nitrogen and oxygen atoms in total. The number of carbonyl (C=O) groups is 2. The molecule has 0 aliphatic carbocycles. The molecule has 3 aromatic carbocycles. The van der Waals surface area contributed by atoms with Crippen LogP contribution in [0.5, 0.6) is 5.75 Å². The first-order chi connectivity index (χ1) is 14.6. The molecule has 0 aliphatic heterocycles. The third-order valence-corrected chi connectivity index (χ3v) is 4.61. The van der Waals surface area contributed by atoms with E-state index in [9.17, 15) is 9.59 Å². The quantitative estimate of drug-likeness (QED) is 0.356. The minimum Gasteiger partial charge on any atom is -0.493 e. The molecule has 0 unspecified atom stereocenters. The van der Waals surface area contributed by atoms with E-state index in [1.807, 2.05) is 80.6 Å². The van der Waals surface area contributed by atoms with Crippen molar-refractivity contribution in [1.82, 2.24) is 10.7 Å². The number of benzene rings is 3. The summed E-state index contributed by atoms with van der Waals surface area (Å²) in [5.74, 6) is -0.898. The molecule has 3 aromatic rings. The Morgan fingerprint density at radius 1 is 1.00 bits per heavy atom. The van der Waals surface area contributed by atoms with E-state index in [0.717, 1.165) is 28.3 Å². The summed E-state index contributed by atoms with van der Waals surface area (Å²) in [6.07, 6.45) is 2.39. The summed E-state index contributed by atoms with van der Waals surface area (Å²) < 4.78 is 5.82. The van der Waals surface area contributed by atoms with Crippen molar-refractivity contribution in [3.8, 4) is 5.75 Å². The van der Waals surface area contributed by atoms with E-state index in [1.165, 1.54) is 6.21 Å². The predicted molar refractivity (Wildman–Crippen MR) is 118 cm³/mol. The second kappa shape index (κ2) is 10.2. The monoisotopic (exact) mass is 403 g/mol. The summed E-state index contributed by atoms with van der Waals surface area (Å²) in [4.78, 5) is 24.3. The third kappa shape index (κ3) is 5.23. The number of hydrogen-bond donors (Lipinski definition) is 2. The topological polar surface area (TPSA) is 79.8 Å². The highest BCUT2D eigenvalue weighted by atomic mass is 16.5. The Bertz CT molecular complexity index is 1050. The number of carbonyl (C=O) groups excluding carboxylic acids is 2. The van der Waals surface area contributed by atoms with Gasteiger partial charge in [-0.1, -0.05) is 67.6 Å². The van der Waals surface area contributed by atoms with Crippen molar-refractivity contribution in [2.24, 2.45) is 5.10 Å². The van der Waals surface area contributed by atoms with Gasteiger partial charge in [0.15, 0.2) is 0 Å². The van der Waals surface area contributed by atoms with Crippen LogP contribution in [0.2, 0.25) is 0 Å². The van der Waals surface area contributed by atoms with Gasteiger partial charge >= 0.3 is 11.8 Å². The van der Waals surface area contributed by atoms with Crippen LogP contribution >= 0.6 is 0 Å². The summed E-state index contributed by atoms with van der Waals surface area (Å²) in [6, 6.07) is 20.8. The van der Waals surface area contributed by atoms with Gasteiger partial charge in [0.05, 0.1) is 18.9 Å². The average molecular weight is 403 g/mol. The third-order valence-electron chi connectivity index (χ3n) is 4.61. The molecule has 0 aromatic heterocycles. The first-order valence-corrected chi connectivity index (χ1v) is 9.93. The maximum Gasteiger partial charge on any atom is 0.329 e. The number of hydrazone groups is 1. The molecule has 0 bridgehead atoms. The first-order valence-electron chi connectivity index (χ1n) is 9.93. The van der Waals surface area contributed by atoms with E-state index < -0.39 is 11.8 Å². The van der Waals surface area contributed by atoms with Crippen molar-refractivity contribution in [1.29, 1.82) is 0 Å². The van der Waals surface area contributed by atoms with E-state index >= 15 is 0 Å². The Hall–Kier alpha value is -3.67. The van der Waals surface area contributed by atoms with Gasteiger partial charge < -0.3 is 10.1 Å². The molecule has 2 N–H and O–H groups in total. The number of nitrogens with one attached hydrogen (secondary N) is 2. The Morgan fingerprint density at radius 3 is 2.50 bits per heavy atom. The van der Waals surface area contributed by atoms with Crippen LogP contribution in [0.25, 0.3) is 10.8 Å². The number of rotatable bonds is 7. The molecule has 0 heterocycles. The number of amides is 2. The van der Waals surface area contributed by atoms with Crippen molar-refractivity contribution < 1.29 is 14.3 Å². The second-order valence-electron chi connectivity index (χ2n) is 6.85. The maximum absolute atomic E-state index is 12.2. The molecular formula is C24H25N3O3. The molecule has 6 heteroatoms. The van der Waals surface area contributed by atoms with Crippen molar-refractivity contribution in [2.75, 3.05) is 6.61 Å². The van der Waals surface area contributed by atoms with Gasteiger partial charge in [-0.15, -0.1) is 0 Å². The molecule has 0 saturated carbocycles. The Kier molecular flexibility index (Phi) is 7.16. The van der Waals surface area contributed by atoms with Crippen LogP contribution in [-0.4, -0.2) is 24.6 Å².